The van der Waals surface area contributed by atoms with Crippen LogP contribution in [0.25, 0.3) is 10.9 Å². The number of nitrogens with zero attached hydrogens (tertiary/aromatic N) is 3. The van der Waals surface area contributed by atoms with Gasteiger partial charge in [-0.15, -0.1) is 0 Å². The van der Waals surface area contributed by atoms with E-state index in [9.17, 15) is 4.79 Å². The van der Waals surface area contributed by atoms with Gasteiger partial charge in [-0.2, -0.15) is 0 Å². The first-order chi connectivity index (χ1) is 13.6. The normalized spacial score (nSPS) is 15.5. The van der Waals surface area contributed by atoms with Crippen molar-refractivity contribution in [3.63, 3.8) is 0 Å². The molecule has 1 amide bonds. The van der Waals surface area contributed by atoms with Crippen LogP contribution in [0.4, 0.5) is 5.82 Å². The van der Waals surface area contributed by atoms with Crippen LogP contribution in [0.3, 0.4) is 0 Å². The number of nitrogens with one attached hydrogen (secondary N) is 1. The highest BCUT2D eigenvalue weighted by molar-refractivity contribution is 6.02. The Labute approximate surface area is 163 Å². The number of hydrogen-bond acceptors (Lipinski definition) is 6. The Morgan fingerprint density at radius 1 is 1.29 bits per heavy atom. The van der Waals surface area contributed by atoms with E-state index in [0.29, 0.717) is 24.4 Å². The van der Waals surface area contributed by atoms with Crippen molar-refractivity contribution in [1.29, 1.82) is 0 Å². The van der Waals surface area contributed by atoms with Gasteiger partial charge < -0.3 is 19.7 Å². The average Bonchev–Trinajstić information content (AvgIpc) is 2.72. The Morgan fingerprint density at radius 2 is 2.14 bits per heavy atom. The summed E-state index contributed by atoms with van der Waals surface area (Å²) in [5.74, 6) is 1.92. The van der Waals surface area contributed by atoms with Gasteiger partial charge in [-0.25, -0.2) is 4.98 Å². The Morgan fingerprint density at radius 3 is 2.93 bits per heavy atom. The fraction of sp³-hybridized carbons (Fsp3) is 0.286. The summed E-state index contributed by atoms with van der Waals surface area (Å²) in [4.78, 5) is 23.7. The smallest absolute Gasteiger partial charge is 0.255 e. The molecule has 0 saturated heterocycles. The highest BCUT2D eigenvalue weighted by Crippen LogP contribution is 2.35. The second-order valence-electron chi connectivity index (χ2n) is 6.89. The maximum Gasteiger partial charge on any atom is 0.255 e. The highest BCUT2D eigenvalue weighted by atomic mass is 16.5. The van der Waals surface area contributed by atoms with Crippen molar-refractivity contribution >= 4 is 22.6 Å². The van der Waals surface area contributed by atoms with Gasteiger partial charge in [-0.1, -0.05) is 0 Å². The summed E-state index contributed by atoms with van der Waals surface area (Å²) in [7, 11) is 5.36. The lowest BCUT2D eigenvalue weighted by Gasteiger charge is -2.27. The minimum Gasteiger partial charge on any atom is -0.497 e. The Kier molecular flexibility index (Phi) is 4.73. The number of pyridine rings is 2. The summed E-state index contributed by atoms with van der Waals surface area (Å²) in [5, 5.41) is 4.02. The van der Waals surface area contributed by atoms with Crippen LogP contribution in [-0.2, 0) is 0 Å². The molecule has 0 bridgehead atoms. The Balaban J connectivity index is 1.67. The highest BCUT2D eigenvalue weighted by Gasteiger charge is 2.25. The van der Waals surface area contributed by atoms with Gasteiger partial charge in [0.2, 0.25) is 0 Å². The molecule has 3 heterocycles. The van der Waals surface area contributed by atoms with E-state index in [1.54, 1.807) is 19.5 Å². The zero-order valence-electron chi connectivity index (χ0n) is 16.1. The Bertz CT molecular complexity index is 1040. The molecule has 1 aliphatic heterocycles. The summed E-state index contributed by atoms with van der Waals surface area (Å²) < 4.78 is 11.0. The third kappa shape index (κ3) is 3.31. The number of carbonyl (C=O) groups excluding carboxylic acids is 1. The second kappa shape index (κ2) is 7.34. The van der Waals surface area contributed by atoms with Crippen LogP contribution in [0.2, 0.25) is 0 Å². The van der Waals surface area contributed by atoms with Crippen molar-refractivity contribution in [1.82, 2.24) is 15.3 Å². The van der Waals surface area contributed by atoms with Crippen LogP contribution in [0, 0.1) is 0 Å². The van der Waals surface area contributed by atoms with Crippen molar-refractivity contribution in [2.45, 2.75) is 12.5 Å². The molecule has 7 heteroatoms. The van der Waals surface area contributed by atoms with E-state index in [4.69, 9.17) is 9.47 Å². The number of benzene rings is 1. The zero-order valence-corrected chi connectivity index (χ0v) is 16.1. The molecule has 0 saturated carbocycles. The first-order valence-electron chi connectivity index (χ1n) is 9.10. The van der Waals surface area contributed by atoms with E-state index in [1.807, 2.05) is 49.3 Å². The molecular formula is C21H22N4O3. The van der Waals surface area contributed by atoms with E-state index in [2.05, 4.69) is 15.3 Å². The summed E-state index contributed by atoms with van der Waals surface area (Å²) in [6, 6.07) is 9.25. The molecule has 2 aromatic heterocycles. The number of anilines is 1. The van der Waals surface area contributed by atoms with Crippen LogP contribution >= 0.6 is 0 Å². The summed E-state index contributed by atoms with van der Waals surface area (Å²) in [6.07, 6.45) is 4.10. The third-order valence-corrected chi connectivity index (χ3v) is 4.83. The standard InChI is InChI=1S/C21H22N4O3/c1-25(2)20-16(10-13-6-8-22-12-18(13)23-20)21(26)24-17-7-9-28-19-11-14(27-3)4-5-15(17)19/h4-6,8,10-12,17H,7,9H2,1-3H3,(H,24,26). The molecule has 0 spiro atoms. The number of aromatic nitrogens is 2. The molecule has 1 unspecified atom stereocenters. The largest absolute Gasteiger partial charge is 0.497 e. The number of methoxy groups -OCH3 is 1. The molecule has 1 aromatic carbocycles. The minimum atomic E-state index is -0.163. The molecule has 1 N–H and O–H groups in total. The molecule has 1 atom stereocenters. The summed E-state index contributed by atoms with van der Waals surface area (Å²) >= 11 is 0. The fourth-order valence-corrected chi connectivity index (χ4v) is 3.40. The lowest BCUT2D eigenvalue weighted by Crippen LogP contribution is -2.33. The zero-order chi connectivity index (χ0) is 19.7. The first-order valence-corrected chi connectivity index (χ1v) is 9.10. The topological polar surface area (TPSA) is 76.6 Å². The molecular weight excluding hydrogens is 356 g/mol. The molecule has 0 radical (unpaired) electrons. The van der Waals surface area contributed by atoms with Gasteiger partial charge in [0, 0.05) is 43.7 Å². The molecule has 0 fully saturated rings. The molecule has 0 aliphatic carbocycles. The van der Waals surface area contributed by atoms with E-state index in [1.165, 1.54) is 0 Å². The van der Waals surface area contributed by atoms with Gasteiger partial charge >= 0.3 is 0 Å². The van der Waals surface area contributed by atoms with E-state index in [0.717, 1.165) is 28.0 Å². The number of rotatable bonds is 4. The lowest BCUT2D eigenvalue weighted by atomic mass is 9.99. The molecule has 3 aromatic rings. The maximum atomic E-state index is 13.2. The van der Waals surface area contributed by atoms with E-state index < -0.39 is 0 Å². The fourth-order valence-electron chi connectivity index (χ4n) is 3.40. The average molecular weight is 378 g/mol. The van der Waals surface area contributed by atoms with Crippen molar-refractivity contribution in [2.75, 3.05) is 32.7 Å². The molecule has 144 valence electrons. The van der Waals surface area contributed by atoms with Crippen LogP contribution in [0.5, 0.6) is 11.5 Å². The number of hydrogen-bond donors (Lipinski definition) is 1. The third-order valence-electron chi connectivity index (χ3n) is 4.83. The predicted octanol–water partition coefficient (Wildman–Crippen LogP) is 2.96. The van der Waals surface area contributed by atoms with Gasteiger partial charge in [0.25, 0.3) is 5.91 Å². The van der Waals surface area contributed by atoms with Crippen LogP contribution < -0.4 is 19.7 Å². The molecule has 4 rings (SSSR count). The SMILES string of the molecule is COc1ccc2c(c1)OCCC2NC(=O)c1cc2ccncc2nc1N(C)C. The van der Waals surface area contributed by atoms with Gasteiger partial charge in [-0.3, -0.25) is 9.78 Å². The van der Waals surface area contributed by atoms with Crippen LogP contribution in [-0.4, -0.2) is 43.7 Å². The first kappa shape index (κ1) is 18.0. The Hall–Kier alpha value is -3.35. The lowest BCUT2D eigenvalue weighted by molar-refractivity contribution is 0.0925. The number of carbonyl (C=O) groups is 1. The summed E-state index contributed by atoms with van der Waals surface area (Å²) in [6.45, 7) is 0.535. The number of ether oxygens (including phenoxy) is 2. The predicted molar refractivity (Wildman–Crippen MR) is 107 cm³/mol. The van der Waals surface area contributed by atoms with Gasteiger partial charge in [0.15, 0.2) is 0 Å². The summed E-state index contributed by atoms with van der Waals surface area (Å²) in [5.41, 5.74) is 2.24. The van der Waals surface area contributed by atoms with Crippen molar-refractivity contribution in [3.8, 4) is 11.5 Å². The minimum absolute atomic E-state index is 0.134. The maximum absolute atomic E-state index is 13.2. The number of amides is 1. The van der Waals surface area contributed by atoms with Crippen molar-refractivity contribution in [2.24, 2.45) is 0 Å². The molecule has 7 nitrogen and oxygen atoms in total. The van der Waals surface area contributed by atoms with Gasteiger partial charge in [0.1, 0.15) is 17.3 Å². The quantitative estimate of drug-likeness (QED) is 0.752. The monoisotopic (exact) mass is 378 g/mol. The molecule has 1 aliphatic rings. The van der Waals surface area contributed by atoms with Crippen LogP contribution in [0.15, 0.2) is 42.7 Å². The number of fused-ring (bicyclic) bond motifs is 2. The second-order valence-corrected chi connectivity index (χ2v) is 6.89. The molecule has 28 heavy (non-hydrogen) atoms. The van der Waals surface area contributed by atoms with Gasteiger partial charge in [-0.05, 0) is 24.3 Å². The van der Waals surface area contributed by atoms with Crippen molar-refractivity contribution < 1.29 is 14.3 Å². The van der Waals surface area contributed by atoms with Crippen LogP contribution in [0.1, 0.15) is 28.4 Å². The van der Waals surface area contributed by atoms with Crippen molar-refractivity contribution in [3.05, 3.63) is 53.9 Å². The van der Waals surface area contributed by atoms with Gasteiger partial charge in [0.05, 0.1) is 37.0 Å². The van der Waals surface area contributed by atoms with E-state index >= 15 is 0 Å². The van der Waals surface area contributed by atoms with E-state index in [-0.39, 0.29) is 11.9 Å².